The van der Waals surface area contributed by atoms with Gasteiger partial charge in [0.05, 0.1) is 12.2 Å². The van der Waals surface area contributed by atoms with E-state index in [9.17, 15) is 4.79 Å². The Kier molecular flexibility index (Phi) is 12.1. The van der Waals surface area contributed by atoms with Gasteiger partial charge in [-0.25, -0.2) is 4.79 Å². The number of hydrogen-bond donors (Lipinski definition) is 0. The van der Waals surface area contributed by atoms with Crippen LogP contribution in [0.5, 0.6) is 0 Å². The van der Waals surface area contributed by atoms with Crippen molar-refractivity contribution in [2.75, 3.05) is 13.7 Å². The van der Waals surface area contributed by atoms with E-state index in [1.165, 1.54) is 30.4 Å². The number of rotatable bonds is 14. The molecule has 0 saturated carbocycles. The molecule has 1 aromatic carbocycles. The van der Waals surface area contributed by atoms with E-state index in [0.717, 1.165) is 44.4 Å². The van der Waals surface area contributed by atoms with Gasteiger partial charge in [0.2, 0.25) is 0 Å². The lowest BCUT2D eigenvalue weighted by molar-refractivity contribution is 0.00234. The van der Waals surface area contributed by atoms with Crippen molar-refractivity contribution in [3.8, 4) is 0 Å². The number of carbonyl (C=O) groups is 1. The van der Waals surface area contributed by atoms with Crippen molar-refractivity contribution in [2.24, 2.45) is 5.92 Å². The maximum Gasteiger partial charge on any atom is 0.338 e. The van der Waals surface area contributed by atoms with Gasteiger partial charge in [-0.2, -0.15) is 0 Å². The lowest BCUT2D eigenvalue weighted by Gasteiger charge is -2.18. The molecule has 0 heterocycles. The molecule has 0 bridgehead atoms. The van der Waals surface area contributed by atoms with E-state index in [1.54, 1.807) is 7.11 Å². The van der Waals surface area contributed by atoms with Gasteiger partial charge in [-0.3, -0.25) is 0 Å². The fourth-order valence-corrected chi connectivity index (χ4v) is 3.43. The molecule has 0 aliphatic heterocycles. The Labute approximate surface area is 166 Å². The number of hydrogen-bond acceptors (Lipinski definition) is 3. The number of aryl methyl sites for hydroxylation is 2. The van der Waals surface area contributed by atoms with Crippen LogP contribution in [0.25, 0.3) is 0 Å². The number of unbranched alkanes of at least 4 members (excludes halogenated alkanes) is 2. The molecule has 0 saturated heterocycles. The zero-order valence-electron chi connectivity index (χ0n) is 18.2. The maximum atomic E-state index is 12.7. The minimum absolute atomic E-state index is 0.161. The van der Waals surface area contributed by atoms with Gasteiger partial charge in [0.15, 0.2) is 0 Å². The molecule has 27 heavy (non-hydrogen) atoms. The van der Waals surface area contributed by atoms with E-state index in [2.05, 4.69) is 33.8 Å². The molecule has 0 spiro atoms. The molecule has 1 atom stereocenters. The molecule has 0 amide bonds. The SMILES string of the molecule is CCCc1cc(CCC)cc(C(=O)OC(CCCCCC(C)C)COC)c1. The van der Waals surface area contributed by atoms with E-state index in [4.69, 9.17) is 9.47 Å². The van der Waals surface area contributed by atoms with Crippen LogP contribution in [0.15, 0.2) is 18.2 Å². The van der Waals surface area contributed by atoms with Crippen molar-refractivity contribution in [2.45, 2.75) is 91.6 Å². The van der Waals surface area contributed by atoms with E-state index < -0.39 is 0 Å². The summed E-state index contributed by atoms with van der Waals surface area (Å²) in [6.45, 7) is 9.31. The molecule has 3 heteroatoms. The fourth-order valence-electron chi connectivity index (χ4n) is 3.43. The summed E-state index contributed by atoms with van der Waals surface area (Å²) in [6.07, 6.45) is 9.61. The lowest BCUT2D eigenvalue weighted by atomic mass is 10.00. The third-order valence-electron chi connectivity index (χ3n) is 4.80. The van der Waals surface area contributed by atoms with Crippen molar-refractivity contribution in [3.63, 3.8) is 0 Å². The van der Waals surface area contributed by atoms with Crippen LogP contribution in [0.4, 0.5) is 0 Å². The summed E-state index contributed by atoms with van der Waals surface area (Å²) in [5.41, 5.74) is 3.14. The first-order chi connectivity index (χ1) is 13.0. The van der Waals surface area contributed by atoms with Gasteiger partial charge in [0.25, 0.3) is 0 Å². The minimum atomic E-state index is -0.213. The Balaban J connectivity index is 2.68. The Morgan fingerprint density at radius 3 is 2.04 bits per heavy atom. The monoisotopic (exact) mass is 376 g/mol. The van der Waals surface area contributed by atoms with Crippen LogP contribution >= 0.6 is 0 Å². The molecule has 0 aromatic heterocycles. The first-order valence-electron chi connectivity index (χ1n) is 10.8. The van der Waals surface area contributed by atoms with Gasteiger partial charge in [0.1, 0.15) is 6.10 Å². The topological polar surface area (TPSA) is 35.5 Å². The maximum absolute atomic E-state index is 12.7. The van der Waals surface area contributed by atoms with Crippen molar-refractivity contribution >= 4 is 5.97 Å². The summed E-state index contributed by atoms with van der Waals surface area (Å²) in [5.74, 6) is 0.542. The van der Waals surface area contributed by atoms with Crippen LogP contribution in [-0.2, 0) is 22.3 Å². The van der Waals surface area contributed by atoms with Crippen LogP contribution < -0.4 is 0 Å². The van der Waals surface area contributed by atoms with Crippen molar-refractivity contribution < 1.29 is 14.3 Å². The summed E-state index contributed by atoms with van der Waals surface area (Å²) in [7, 11) is 1.67. The highest BCUT2D eigenvalue weighted by Gasteiger charge is 2.17. The van der Waals surface area contributed by atoms with E-state index in [-0.39, 0.29) is 12.1 Å². The predicted molar refractivity (Wildman–Crippen MR) is 113 cm³/mol. The average Bonchev–Trinajstić information content (AvgIpc) is 2.61. The Morgan fingerprint density at radius 1 is 0.926 bits per heavy atom. The van der Waals surface area contributed by atoms with Crippen LogP contribution in [0.3, 0.4) is 0 Å². The van der Waals surface area contributed by atoms with Crippen LogP contribution in [0.2, 0.25) is 0 Å². The molecule has 0 fully saturated rings. The predicted octanol–water partition coefficient (Wildman–Crippen LogP) is 6.37. The van der Waals surface area contributed by atoms with Gasteiger partial charge in [-0.1, -0.05) is 65.9 Å². The Bertz CT molecular complexity index is 512. The molecular weight excluding hydrogens is 336 g/mol. The number of methoxy groups -OCH3 is 1. The number of esters is 1. The molecule has 0 N–H and O–H groups in total. The average molecular weight is 377 g/mol. The zero-order valence-corrected chi connectivity index (χ0v) is 18.2. The van der Waals surface area contributed by atoms with Crippen molar-refractivity contribution in [3.05, 3.63) is 34.9 Å². The summed E-state index contributed by atoms with van der Waals surface area (Å²) >= 11 is 0. The Morgan fingerprint density at radius 2 is 1.52 bits per heavy atom. The molecule has 1 aromatic rings. The van der Waals surface area contributed by atoms with Gasteiger partial charge in [-0.15, -0.1) is 0 Å². The highest BCUT2D eigenvalue weighted by Crippen LogP contribution is 2.18. The van der Waals surface area contributed by atoms with Crippen LogP contribution in [-0.4, -0.2) is 25.8 Å². The third-order valence-corrected chi connectivity index (χ3v) is 4.80. The smallest absolute Gasteiger partial charge is 0.338 e. The second kappa shape index (κ2) is 13.8. The fraction of sp³-hybridized carbons (Fsp3) is 0.708. The quantitative estimate of drug-likeness (QED) is 0.279. The van der Waals surface area contributed by atoms with Crippen molar-refractivity contribution in [1.82, 2.24) is 0 Å². The highest BCUT2D eigenvalue weighted by molar-refractivity contribution is 5.90. The molecule has 0 aliphatic carbocycles. The third kappa shape index (κ3) is 9.95. The largest absolute Gasteiger partial charge is 0.456 e. The standard InChI is InChI=1S/C24H40O3/c1-6-11-20-15-21(12-7-2)17-22(16-20)24(25)27-23(18-26-5)14-10-8-9-13-19(3)4/h15-17,19,23H,6-14,18H2,1-5H3. The molecule has 154 valence electrons. The number of benzene rings is 1. The van der Waals surface area contributed by atoms with E-state index >= 15 is 0 Å². The highest BCUT2D eigenvalue weighted by atomic mass is 16.6. The lowest BCUT2D eigenvalue weighted by Crippen LogP contribution is -2.23. The summed E-state index contributed by atoms with van der Waals surface area (Å²) in [4.78, 5) is 12.7. The van der Waals surface area contributed by atoms with Crippen LogP contribution in [0.1, 0.15) is 94.1 Å². The van der Waals surface area contributed by atoms with Gasteiger partial charge < -0.3 is 9.47 Å². The zero-order chi connectivity index (χ0) is 20.1. The van der Waals surface area contributed by atoms with E-state index in [1.807, 2.05) is 12.1 Å². The number of ether oxygens (including phenoxy) is 2. The molecular formula is C24H40O3. The molecule has 1 rings (SSSR count). The number of carbonyl (C=O) groups excluding carboxylic acids is 1. The van der Waals surface area contributed by atoms with Crippen molar-refractivity contribution in [1.29, 1.82) is 0 Å². The van der Waals surface area contributed by atoms with Gasteiger partial charge in [-0.05, 0) is 54.9 Å². The molecule has 1 unspecified atom stereocenters. The minimum Gasteiger partial charge on any atom is -0.456 e. The second-order valence-electron chi connectivity index (χ2n) is 8.05. The molecule has 0 radical (unpaired) electrons. The molecule has 3 nitrogen and oxygen atoms in total. The van der Waals surface area contributed by atoms with Crippen LogP contribution in [0, 0.1) is 5.92 Å². The second-order valence-corrected chi connectivity index (χ2v) is 8.05. The van der Waals surface area contributed by atoms with Gasteiger partial charge >= 0.3 is 5.97 Å². The van der Waals surface area contributed by atoms with E-state index in [0.29, 0.717) is 12.2 Å². The summed E-state index contributed by atoms with van der Waals surface area (Å²) in [5, 5.41) is 0. The normalized spacial score (nSPS) is 12.4. The summed E-state index contributed by atoms with van der Waals surface area (Å²) in [6, 6.07) is 6.22. The first-order valence-corrected chi connectivity index (χ1v) is 10.8. The first kappa shape index (κ1) is 23.7. The molecule has 0 aliphatic rings. The summed E-state index contributed by atoms with van der Waals surface area (Å²) < 4.78 is 11.1. The van der Waals surface area contributed by atoms with Gasteiger partial charge in [0, 0.05) is 7.11 Å². The Hall–Kier alpha value is -1.35.